The first-order valence-corrected chi connectivity index (χ1v) is 37.6. The van der Waals surface area contributed by atoms with Gasteiger partial charge in [0.25, 0.3) is 0 Å². The van der Waals surface area contributed by atoms with E-state index in [-0.39, 0.29) is 25.4 Å². The number of H-pyrrole nitrogens is 1. The molecule has 28 nitrogen and oxygen atoms in total. The molecular weight excluding hydrogens is 1270 g/mol. The Hall–Kier alpha value is -5.88. The van der Waals surface area contributed by atoms with E-state index in [0.29, 0.717) is 36.7 Å². The van der Waals surface area contributed by atoms with Crippen LogP contribution in [0.15, 0.2) is 12.5 Å². The highest BCUT2D eigenvalue weighted by Crippen LogP contribution is 2.20. The molecule has 1 aliphatic heterocycles. The van der Waals surface area contributed by atoms with Gasteiger partial charge in [-0.2, -0.15) is 0 Å². The lowest BCUT2D eigenvalue weighted by atomic mass is 9.93. The van der Waals surface area contributed by atoms with E-state index in [2.05, 4.69) is 54.1 Å². The molecule has 14 atom stereocenters. The van der Waals surface area contributed by atoms with E-state index >= 15 is 0 Å². The molecular formula is C71H133N15O13. The van der Waals surface area contributed by atoms with Gasteiger partial charge in [-0.05, 0) is 77.0 Å². The van der Waals surface area contributed by atoms with Crippen LogP contribution in [0.25, 0.3) is 0 Å². The first-order chi connectivity index (χ1) is 47.2. The second-order valence-corrected chi connectivity index (χ2v) is 28.5. The number of nitrogens with one attached hydrogen (secondary N) is 8. The molecule has 8 amide bonds. The molecule has 99 heavy (non-hydrogen) atoms. The van der Waals surface area contributed by atoms with Crippen molar-refractivity contribution in [2.45, 2.75) is 363 Å². The number of carboxylic acid groups (broad SMARTS) is 1. The van der Waals surface area contributed by atoms with Gasteiger partial charge in [0.2, 0.25) is 47.3 Å². The lowest BCUT2D eigenvalue weighted by Gasteiger charge is -2.32. The van der Waals surface area contributed by atoms with E-state index in [1.54, 1.807) is 13.8 Å². The van der Waals surface area contributed by atoms with Gasteiger partial charge in [0.15, 0.2) is 0 Å². The van der Waals surface area contributed by atoms with Gasteiger partial charge in [-0.3, -0.25) is 43.2 Å². The van der Waals surface area contributed by atoms with E-state index in [9.17, 15) is 63.6 Å². The van der Waals surface area contributed by atoms with Crippen LogP contribution in [0.4, 0.5) is 0 Å². The van der Waals surface area contributed by atoms with E-state index in [1.165, 1.54) is 141 Å². The van der Waals surface area contributed by atoms with Crippen molar-refractivity contribution in [1.82, 2.24) is 47.2 Å². The zero-order chi connectivity index (χ0) is 73.5. The molecule has 2 heterocycles. The minimum absolute atomic E-state index is 0.169. The number of carboxylic acids is 1. The van der Waals surface area contributed by atoms with Crippen molar-refractivity contribution in [3.05, 3.63) is 18.2 Å². The largest absolute Gasteiger partial charge is 0.480 e. The lowest BCUT2D eigenvalue weighted by Crippen LogP contribution is -2.62. The van der Waals surface area contributed by atoms with Gasteiger partial charge < -0.3 is 97.0 Å². The summed E-state index contributed by atoms with van der Waals surface area (Å²) in [7, 11) is 0. The zero-order valence-electron chi connectivity index (χ0n) is 60.5. The van der Waals surface area contributed by atoms with Crippen LogP contribution in [-0.4, -0.2) is 175 Å². The van der Waals surface area contributed by atoms with Gasteiger partial charge in [0.1, 0.15) is 30.2 Å². The number of carbonyl (C=O) groups excluding carboxylic acids is 8. The average Bonchev–Trinajstić information content (AvgIpc) is 1.82. The molecule has 1 saturated heterocycles. The molecule has 2 rings (SSSR count). The Labute approximate surface area is 589 Å². The number of aliphatic hydroxyl groups excluding tert-OH is 3. The molecule has 24 N–H and O–H groups in total. The smallest absolute Gasteiger partial charge is 0.321 e. The summed E-state index contributed by atoms with van der Waals surface area (Å²) in [5.74, 6) is -9.57. The van der Waals surface area contributed by atoms with Crippen LogP contribution in [0, 0.1) is 5.92 Å². The summed E-state index contributed by atoms with van der Waals surface area (Å²) in [6, 6.07) is -9.31. The highest BCUT2D eigenvalue weighted by molar-refractivity contribution is 5.99. The van der Waals surface area contributed by atoms with Crippen molar-refractivity contribution < 1.29 is 63.6 Å². The molecule has 14 unspecified atom stereocenters. The number of nitrogens with two attached hydrogens (primary N) is 6. The summed E-state index contributed by atoms with van der Waals surface area (Å²) >= 11 is 0. The SMILES string of the molecule is CCCCCC(N)CCCCCCCC(N)CCCCCCCC(N)CCCCCCCC(N)CCCCCCCC(O)CCNC(=O)CC(O)CC(O)C(NC(=O)C1NC(=O)C(CC(N)=O)NC(=O)C(NC(=O)C(Cc2cnc[nH]2)NC(=O)CC(N)C(=O)O)CC(=O)NC1C)C(C)C. The third-order valence-corrected chi connectivity index (χ3v) is 18.8. The molecule has 570 valence electrons. The van der Waals surface area contributed by atoms with Crippen LogP contribution >= 0.6 is 0 Å². The number of primary amides is 1. The van der Waals surface area contributed by atoms with Gasteiger partial charge in [-0.1, -0.05) is 168 Å². The molecule has 1 aromatic rings. The average molecular weight is 1400 g/mol. The van der Waals surface area contributed by atoms with Crippen molar-refractivity contribution >= 4 is 53.2 Å². The predicted molar refractivity (Wildman–Crippen MR) is 383 cm³/mol. The molecule has 0 aromatic carbocycles. The van der Waals surface area contributed by atoms with Crippen molar-refractivity contribution in [2.75, 3.05) is 6.54 Å². The molecule has 0 bridgehead atoms. The Morgan fingerprint density at radius 1 is 0.596 bits per heavy atom. The van der Waals surface area contributed by atoms with E-state index in [4.69, 9.17) is 34.4 Å². The number of imidazole rings is 1. The number of aliphatic hydroxyl groups is 3. The van der Waals surface area contributed by atoms with Crippen molar-refractivity contribution in [3.63, 3.8) is 0 Å². The van der Waals surface area contributed by atoms with E-state index in [1.807, 2.05) is 0 Å². The zero-order valence-corrected chi connectivity index (χ0v) is 60.5. The number of carbonyl (C=O) groups is 9. The van der Waals surface area contributed by atoms with Gasteiger partial charge in [-0.15, -0.1) is 0 Å². The summed E-state index contributed by atoms with van der Waals surface area (Å²) in [5, 5.41) is 59.4. The first-order valence-electron chi connectivity index (χ1n) is 37.6. The summed E-state index contributed by atoms with van der Waals surface area (Å²) < 4.78 is 0. The number of nitrogens with zero attached hydrogens (tertiary/aromatic N) is 1. The fourth-order valence-corrected chi connectivity index (χ4v) is 12.6. The standard InChI is InChI=1S/C71H133N15O13/c1-5-6-19-28-49(72)29-20-11-7-12-21-30-50(73)31-22-13-8-14-23-32-51(74)33-24-15-9-16-25-34-52(75)35-26-17-10-18-27-36-54(87)37-38-79-62(91)41-55(88)40-60(89)65(47(2)3)85-70(97)66-48(4)81-64(93)44-59(68(95)83-58(43-61(77)90)69(96)86-66)84-67(94)57(39-53-45-78-46-80-53)82-63(92)42-56(76)71(98)99/h45-52,54-60,65-66,87-89H,5-44,72-76H2,1-4H3,(H2,77,90)(H,78,80)(H,79,91)(H,81,93)(H,82,92)(H,83,95)(H,84,94)(H,85,97)(H,86,96)(H,98,99). The van der Waals surface area contributed by atoms with Crippen LogP contribution in [0.3, 0.4) is 0 Å². The maximum atomic E-state index is 14.1. The second-order valence-electron chi connectivity index (χ2n) is 28.5. The van der Waals surface area contributed by atoms with Crippen molar-refractivity contribution in [2.24, 2.45) is 40.3 Å². The molecule has 1 aliphatic rings. The summed E-state index contributed by atoms with van der Waals surface area (Å²) in [4.78, 5) is 125. The van der Waals surface area contributed by atoms with Gasteiger partial charge >= 0.3 is 5.97 Å². The lowest BCUT2D eigenvalue weighted by molar-refractivity contribution is -0.140. The topological polar surface area (TPSA) is 504 Å². The number of rotatable bonds is 57. The van der Waals surface area contributed by atoms with Crippen LogP contribution in [-0.2, 0) is 49.6 Å². The molecule has 1 fully saturated rings. The quantitative estimate of drug-likeness (QED) is 0.0412. The maximum Gasteiger partial charge on any atom is 0.321 e. The Morgan fingerprint density at radius 3 is 1.52 bits per heavy atom. The number of unbranched alkanes of at least 4 members (excludes halogenated alkanes) is 18. The van der Waals surface area contributed by atoms with Gasteiger partial charge in [0, 0.05) is 55.4 Å². The maximum absolute atomic E-state index is 14.1. The predicted octanol–water partition coefficient (Wildman–Crippen LogP) is 3.80. The van der Waals surface area contributed by atoms with Crippen LogP contribution in [0.5, 0.6) is 0 Å². The van der Waals surface area contributed by atoms with Crippen molar-refractivity contribution in [3.8, 4) is 0 Å². The normalized spacial score (nSPS) is 19.1. The monoisotopic (exact) mass is 1400 g/mol. The van der Waals surface area contributed by atoms with Gasteiger partial charge in [-0.25, -0.2) is 4.98 Å². The first kappa shape index (κ1) is 89.2. The fourth-order valence-electron chi connectivity index (χ4n) is 12.6. The molecule has 28 heteroatoms. The fraction of sp³-hybridized carbons (Fsp3) is 0.831. The molecule has 0 aliphatic carbocycles. The third kappa shape index (κ3) is 42.9. The van der Waals surface area contributed by atoms with Crippen LogP contribution in [0.2, 0.25) is 0 Å². The highest BCUT2D eigenvalue weighted by atomic mass is 16.4. The number of amides is 8. The molecule has 0 spiro atoms. The van der Waals surface area contributed by atoms with Crippen LogP contribution < -0.4 is 71.6 Å². The number of aromatic amines is 1. The number of hydrogen-bond donors (Lipinski definition) is 18. The Kier molecular flexibility index (Phi) is 47.8. The van der Waals surface area contributed by atoms with E-state index < -0.39 is 145 Å². The van der Waals surface area contributed by atoms with Crippen LogP contribution in [0.1, 0.15) is 277 Å². The Morgan fingerprint density at radius 2 is 1.07 bits per heavy atom. The number of hydrogen-bond acceptors (Lipinski definition) is 18. The number of aliphatic carboxylic acids is 1. The number of aromatic nitrogens is 2. The summed E-state index contributed by atoms with van der Waals surface area (Å²) in [6.45, 7) is 7.10. The van der Waals surface area contributed by atoms with Gasteiger partial charge in [0.05, 0.1) is 62.4 Å². The molecule has 0 saturated carbocycles. The highest BCUT2D eigenvalue weighted by Gasteiger charge is 2.39. The third-order valence-electron chi connectivity index (χ3n) is 18.8. The molecule has 1 aromatic heterocycles. The molecule has 0 radical (unpaired) electrons. The Balaban J connectivity index is 1.65. The summed E-state index contributed by atoms with van der Waals surface area (Å²) in [6.07, 6.45) is 33.3. The Bertz CT molecular complexity index is 2430. The van der Waals surface area contributed by atoms with Crippen molar-refractivity contribution in [1.29, 1.82) is 0 Å². The minimum atomic E-state index is -1.76. The summed E-state index contributed by atoms with van der Waals surface area (Å²) in [5.41, 5.74) is 36.9. The second kappa shape index (κ2) is 53.0. The minimum Gasteiger partial charge on any atom is -0.480 e. The van der Waals surface area contributed by atoms with E-state index in [0.717, 1.165) is 77.0 Å².